The Morgan fingerprint density at radius 2 is 1.89 bits per heavy atom. The predicted molar refractivity (Wildman–Crippen MR) is 97.3 cm³/mol. The first-order chi connectivity index (χ1) is 13.2. The molecule has 4 rings (SSSR count). The van der Waals surface area contributed by atoms with Crippen LogP contribution in [0.5, 0.6) is 11.5 Å². The molecule has 0 saturated carbocycles. The van der Waals surface area contributed by atoms with Gasteiger partial charge in [0.15, 0.2) is 0 Å². The highest BCUT2D eigenvalue weighted by molar-refractivity contribution is 5.92. The van der Waals surface area contributed by atoms with Crippen LogP contribution < -0.4 is 10.1 Å². The number of hydrogen-bond acceptors (Lipinski definition) is 7. The zero-order valence-electron chi connectivity index (χ0n) is 14.8. The van der Waals surface area contributed by atoms with Gasteiger partial charge in [0.1, 0.15) is 17.5 Å². The quantitative estimate of drug-likeness (QED) is 0.713. The van der Waals surface area contributed by atoms with Gasteiger partial charge in [-0.25, -0.2) is 4.79 Å². The van der Waals surface area contributed by atoms with Gasteiger partial charge in [-0.05, 0) is 47.2 Å². The minimum Gasteiger partial charge on any atom is -0.466 e. The van der Waals surface area contributed by atoms with E-state index < -0.39 is 12.0 Å². The molecule has 1 aliphatic heterocycles. The maximum atomic E-state index is 12.4. The standard InChI is InChI=1S/C19H17N5O3/c1-12-16(18(25)26-2)17(24-19(20-12)21-22-23-24)13-7-6-10-15(11-13)27-14-8-4-3-5-9-14/h3-11,17H,1-2H3,(H,20,21,23)/t17-/m0/s1. The van der Waals surface area contributed by atoms with E-state index in [0.717, 1.165) is 11.3 Å². The predicted octanol–water partition coefficient (Wildman–Crippen LogP) is 2.93. The molecule has 0 fully saturated rings. The minimum atomic E-state index is -0.525. The van der Waals surface area contributed by atoms with Crippen LogP contribution >= 0.6 is 0 Å². The van der Waals surface area contributed by atoms with Crippen molar-refractivity contribution in [3.63, 3.8) is 0 Å². The molecule has 2 heterocycles. The first kappa shape index (κ1) is 16.8. The third-order valence-electron chi connectivity index (χ3n) is 4.27. The van der Waals surface area contributed by atoms with Gasteiger partial charge in [0.05, 0.1) is 12.7 Å². The Morgan fingerprint density at radius 1 is 1.11 bits per heavy atom. The number of nitrogens with zero attached hydrogens (tertiary/aromatic N) is 4. The van der Waals surface area contributed by atoms with Gasteiger partial charge in [-0.2, -0.15) is 4.68 Å². The van der Waals surface area contributed by atoms with E-state index in [4.69, 9.17) is 9.47 Å². The average molecular weight is 363 g/mol. The van der Waals surface area contributed by atoms with Crippen LogP contribution in [0, 0.1) is 0 Å². The number of aromatic nitrogens is 4. The summed E-state index contributed by atoms with van der Waals surface area (Å²) in [4.78, 5) is 12.4. The number of hydrogen-bond donors (Lipinski definition) is 1. The molecular weight excluding hydrogens is 346 g/mol. The molecule has 8 heteroatoms. The topological polar surface area (TPSA) is 91.2 Å². The molecule has 0 amide bonds. The van der Waals surface area contributed by atoms with Crippen LogP contribution in [0.15, 0.2) is 65.9 Å². The van der Waals surface area contributed by atoms with E-state index in [0.29, 0.717) is 23.0 Å². The minimum absolute atomic E-state index is 0.439. The van der Waals surface area contributed by atoms with E-state index in [1.54, 1.807) is 11.6 Å². The van der Waals surface area contributed by atoms with Crippen LogP contribution in [-0.2, 0) is 9.53 Å². The van der Waals surface area contributed by atoms with Crippen LogP contribution in [0.4, 0.5) is 5.95 Å². The number of carbonyl (C=O) groups excluding carboxylic acids is 1. The van der Waals surface area contributed by atoms with Crippen molar-refractivity contribution in [1.29, 1.82) is 0 Å². The van der Waals surface area contributed by atoms with Crippen molar-refractivity contribution in [2.24, 2.45) is 0 Å². The highest BCUT2D eigenvalue weighted by Crippen LogP contribution is 2.36. The normalized spacial score (nSPS) is 15.7. The monoisotopic (exact) mass is 363 g/mol. The lowest BCUT2D eigenvalue weighted by atomic mass is 9.95. The number of fused-ring (bicyclic) bond motifs is 1. The van der Waals surface area contributed by atoms with E-state index in [-0.39, 0.29) is 0 Å². The second-order valence-electron chi connectivity index (χ2n) is 5.99. The average Bonchev–Trinajstić information content (AvgIpc) is 3.15. The molecule has 0 bridgehead atoms. The largest absolute Gasteiger partial charge is 0.466 e. The van der Waals surface area contributed by atoms with Crippen molar-refractivity contribution in [3.8, 4) is 11.5 Å². The lowest BCUT2D eigenvalue weighted by molar-refractivity contribution is -0.136. The SMILES string of the molecule is COC(=O)C1=C(C)Nc2nnnn2[C@H]1c1cccc(Oc2ccccc2)c1. The number of carbonyl (C=O) groups is 1. The maximum Gasteiger partial charge on any atom is 0.338 e. The summed E-state index contributed by atoms with van der Waals surface area (Å²) in [7, 11) is 1.35. The van der Waals surface area contributed by atoms with Gasteiger partial charge in [0, 0.05) is 5.70 Å². The van der Waals surface area contributed by atoms with Crippen LogP contribution in [0.2, 0.25) is 0 Å². The molecule has 1 N–H and O–H groups in total. The number of anilines is 1. The Kier molecular flexibility index (Phi) is 4.29. The fourth-order valence-electron chi connectivity index (χ4n) is 3.07. The van der Waals surface area contributed by atoms with Crippen molar-refractivity contribution < 1.29 is 14.3 Å². The molecule has 2 aromatic carbocycles. The number of nitrogens with one attached hydrogen (secondary N) is 1. The van der Waals surface area contributed by atoms with Crippen molar-refractivity contribution in [2.75, 3.05) is 12.4 Å². The van der Waals surface area contributed by atoms with E-state index >= 15 is 0 Å². The lowest BCUT2D eigenvalue weighted by Crippen LogP contribution is -2.29. The molecule has 8 nitrogen and oxygen atoms in total. The first-order valence-corrected chi connectivity index (χ1v) is 8.34. The molecule has 3 aromatic rings. The highest BCUT2D eigenvalue weighted by atomic mass is 16.5. The molecule has 1 aliphatic rings. The molecule has 0 radical (unpaired) electrons. The zero-order valence-corrected chi connectivity index (χ0v) is 14.8. The smallest absolute Gasteiger partial charge is 0.338 e. The number of para-hydroxylation sites is 1. The van der Waals surface area contributed by atoms with Crippen molar-refractivity contribution in [1.82, 2.24) is 20.2 Å². The van der Waals surface area contributed by atoms with Crippen molar-refractivity contribution >= 4 is 11.9 Å². The molecular formula is C19H17N5O3. The summed E-state index contributed by atoms with van der Waals surface area (Å²) in [6.07, 6.45) is 0. The maximum absolute atomic E-state index is 12.4. The summed E-state index contributed by atoms with van der Waals surface area (Å²) >= 11 is 0. The fraction of sp³-hybridized carbons (Fsp3) is 0.158. The highest BCUT2D eigenvalue weighted by Gasteiger charge is 2.34. The molecule has 1 aromatic heterocycles. The van der Waals surface area contributed by atoms with E-state index in [9.17, 15) is 4.79 Å². The Labute approximate surface area is 155 Å². The zero-order chi connectivity index (χ0) is 18.8. The van der Waals surface area contributed by atoms with Crippen LogP contribution in [0.25, 0.3) is 0 Å². The van der Waals surface area contributed by atoms with Gasteiger partial charge in [0.2, 0.25) is 5.95 Å². The number of esters is 1. The molecule has 1 atom stereocenters. The molecule has 0 aliphatic carbocycles. The molecule has 27 heavy (non-hydrogen) atoms. The Hall–Kier alpha value is -3.68. The van der Waals surface area contributed by atoms with E-state index in [2.05, 4.69) is 20.8 Å². The number of allylic oxidation sites excluding steroid dienone is 1. The summed E-state index contributed by atoms with van der Waals surface area (Å²) in [5.74, 6) is 1.39. The first-order valence-electron chi connectivity index (χ1n) is 8.34. The number of tetrazole rings is 1. The van der Waals surface area contributed by atoms with Crippen molar-refractivity contribution in [3.05, 3.63) is 71.4 Å². The number of ether oxygens (including phenoxy) is 2. The lowest BCUT2D eigenvalue weighted by Gasteiger charge is -2.27. The van der Waals surface area contributed by atoms with Gasteiger partial charge >= 0.3 is 5.97 Å². The molecule has 136 valence electrons. The summed E-state index contributed by atoms with van der Waals surface area (Å²) in [5, 5.41) is 14.8. The third kappa shape index (κ3) is 3.12. The van der Waals surface area contributed by atoms with Gasteiger partial charge in [0.25, 0.3) is 0 Å². The Bertz CT molecular complexity index is 1010. The Morgan fingerprint density at radius 3 is 2.67 bits per heavy atom. The van der Waals surface area contributed by atoms with Crippen LogP contribution in [-0.4, -0.2) is 33.3 Å². The second-order valence-corrected chi connectivity index (χ2v) is 5.99. The summed E-state index contributed by atoms with van der Waals surface area (Å²) < 4.78 is 12.5. The number of rotatable bonds is 4. The molecule has 0 unspecified atom stereocenters. The second kappa shape index (κ2) is 6.91. The Balaban J connectivity index is 1.77. The van der Waals surface area contributed by atoms with Gasteiger partial charge in [-0.3, -0.25) is 0 Å². The van der Waals surface area contributed by atoms with Gasteiger partial charge in [-0.15, -0.1) is 0 Å². The summed E-state index contributed by atoms with van der Waals surface area (Å²) in [6, 6.07) is 16.4. The molecule has 0 saturated heterocycles. The van der Waals surface area contributed by atoms with Gasteiger partial charge < -0.3 is 14.8 Å². The van der Waals surface area contributed by atoms with Crippen LogP contribution in [0.3, 0.4) is 0 Å². The summed E-state index contributed by atoms with van der Waals surface area (Å²) in [5.41, 5.74) is 1.89. The number of benzene rings is 2. The van der Waals surface area contributed by atoms with Crippen LogP contribution in [0.1, 0.15) is 18.5 Å². The van der Waals surface area contributed by atoms with Gasteiger partial charge in [-0.1, -0.05) is 35.4 Å². The number of methoxy groups -OCH3 is 1. The summed E-state index contributed by atoms with van der Waals surface area (Å²) in [6.45, 7) is 1.79. The molecule has 0 spiro atoms. The third-order valence-corrected chi connectivity index (χ3v) is 4.27. The fourth-order valence-corrected chi connectivity index (χ4v) is 3.07. The van der Waals surface area contributed by atoms with E-state index in [1.807, 2.05) is 54.6 Å². The van der Waals surface area contributed by atoms with Crippen molar-refractivity contribution in [2.45, 2.75) is 13.0 Å². The van der Waals surface area contributed by atoms with E-state index in [1.165, 1.54) is 7.11 Å².